The fraction of sp³-hybridized carbons (Fsp3) is 0.222. The number of hydrogen-bond donors (Lipinski definition) is 1. The van der Waals surface area contributed by atoms with E-state index in [2.05, 4.69) is 15.9 Å². The Labute approximate surface area is 93.8 Å². The maximum atomic E-state index is 13.0. The van der Waals surface area contributed by atoms with Crippen molar-refractivity contribution >= 4 is 33.5 Å². The molecule has 0 aliphatic rings. The molecule has 0 aromatic heterocycles. The Hall–Kier alpha value is -0.610. The lowest BCUT2D eigenvalue weighted by molar-refractivity contribution is -0.138. The summed E-state index contributed by atoms with van der Waals surface area (Å²) in [5.74, 6) is -2.25. The second-order valence-electron chi connectivity index (χ2n) is 2.86. The molecule has 0 amide bonds. The molecule has 1 aromatic rings. The molecular weight excluding hydrogens is 274 g/mol. The van der Waals surface area contributed by atoms with E-state index in [1.165, 1.54) is 19.1 Å². The van der Waals surface area contributed by atoms with Gasteiger partial charge in [0, 0.05) is 0 Å². The average Bonchev–Trinajstić information content (AvgIpc) is 2.12. The number of carboxylic acids is 1. The first kappa shape index (κ1) is 11.5. The number of benzene rings is 1. The molecule has 0 fully saturated rings. The summed E-state index contributed by atoms with van der Waals surface area (Å²) in [5, 5.41) is 8.65. The molecule has 1 aromatic carbocycles. The zero-order valence-corrected chi connectivity index (χ0v) is 9.56. The van der Waals surface area contributed by atoms with E-state index in [-0.39, 0.29) is 9.50 Å². The lowest BCUT2D eigenvalue weighted by atomic mass is 10.0. The van der Waals surface area contributed by atoms with E-state index in [9.17, 15) is 9.18 Å². The molecule has 76 valence electrons. The third-order valence-electron chi connectivity index (χ3n) is 1.88. The van der Waals surface area contributed by atoms with Crippen LogP contribution < -0.4 is 0 Å². The maximum Gasteiger partial charge on any atom is 0.310 e. The highest BCUT2D eigenvalue weighted by Crippen LogP contribution is 2.28. The zero-order chi connectivity index (χ0) is 10.9. The average molecular weight is 282 g/mol. The van der Waals surface area contributed by atoms with Crippen molar-refractivity contribution in [1.29, 1.82) is 0 Å². The minimum absolute atomic E-state index is 0.0810. The molecule has 0 heterocycles. The topological polar surface area (TPSA) is 37.3 Å². The SMILES string of the molecule is CC(C(=O)O)c1cc(Cl)c(F)c(Br)c1. The molecule has 0 saturated carbocycles. The Kier molecular flexibility index (Phi) is 3.50. The van der Waals surface area contributed by atoms with E-state index in [0.717, 1.165) is 0 Å². The Bertz CT molecular complexity index is 358. The Balaban J connectivity index is 3.19. The minimum Gasteiger partial charge on any atom is -0.481 e. The van der Waals surface area contributed by atoms with Gasteiger partial charge in [-0.3, -0.25) is 4.79 Å². The second-order valence-corrected chi connectivity index (χ2v) is 4.12. The molecule has 5 heteroatoms. The van der Waals surface area contributed by atoms with E-state index < -0.39 is 17.7 Å². The predicted molar refractivity (Wildman–Crippen MR) is 55.2 cm³/mol. The van der Waals surface area contributed by atoms with E-state index in [0.29, 0.717) is 5.56 Å². The summed E-state index contributed by atoms with van der Waals surface area (Å²) in [7, 11) is 0. The summed E-state index contributed by atoms with van der Waals surface area (Å²) >= 11 is 8.53. The number of rotatable bonds is 2. The van der Waals surface area contributed by atoms with Crippen molar-refractivity contribution in [1.82, 2.24) is 0 Å². The standard InChI is InChI=1S/C9H7BrClFO2/c1-4(9(13)14)5-2-6(10)8(12)7(11)3-5/h2-4H,1H3,(H,13,14). The summed E-state index contributed by atoms with van der Waals surface area (Å²) in [4.78, 5) is 10.7. The zero-order valence-electron chi connectivity index (χ0n) is 7.22. The predicted octanol–water partition coefficient (Wildman–Crippen LogP) is 3.43. The van der Waals surface area contributed by atoms with Crippen molar-refractivity contribution in [2.45, 2.75) is 12.8 Å². The first-order valence-electron chi connectivity index (χ1n) is 3.80. The van der Waals surface area contributed by atoms with Crippen LogP contribution in [-0.2, 0) is 4.79 Å². The molecule has 14 heavy (non-hydrogen) atoms. The number of hydrogen-bond acceptors (Lipinski definition) is 1. The maximum absolute atomic E-state index is 13.0. The highest BCUT2D eigenvalue weighted by Gasteiger charge is 2.16. The molecular formula is C9H7BrClFO2. The third kappa shape index (κ3) is 2.25. The van der Waals surface area contributed by atoms with Crippen molar-refractivity contribution in [2.75, 3.05) is 0 Å². The van der Waals surface area contributed by atoms with Crippen LogP contribution in [0.1, 0.15) is 18.4 Å². The number of halogens is 3. The van der Waals surface area contributed by atoms with E-state index >= 15 is 0 Å². The summed E-state index contributed by atoms with van der Waals surface area (Å²) in [6.07, 6.45) is 0. The van der Waals surface area contributed by atoms with Crippen molar-refractivity contribution < 1.29 is 14.3 Å². The van der Waals surface area contributed by atoms with Gasteiger partial charge in [0.05, 0.1) is 15.4 Å². The van der Waals surface area contributed by atoms with Gasteiger partial charge >= 0.3 is 5.97 Å². The largest absolute Gasteiger partial charge is 0.481 e. The Morgan fingerprint density at radius 1 is 1.64 bits per heavy atom. The summed E-state index contributed by atoms with van der Waals surface area (Å²) < 4.78 is 13.2. The number of aliphatic carboxylic acids is 1. The van der Waals surface area contributed by atoms with Crippen LogP contribution >= 0.6 is 27.5 Å². The Morgan fingerprint density at radius 3 is 2.64 bits per heavy atom. The summed E-state index contributed by atoms with van der Waals surface area (Å²) in [6, 6.07) is 2.74. The van der Waals surface area contributed by atoms with E-state index in [1.54, 1.807) is 0 Å². The van der Waals surface area contributed by atoms with Gasteiger partial charge in [-0.25, -0.2) is 4.39 Å². The lowest BCUT2D eigenvalue weighted by Gasteiger charge is -2.08. The fourth-order valence-corrected chi connectivity index (χ4v) is 1.79. The molecule has 2 nitrogen and oxygen atoms in total. The van der Waals surface area contributed by atoms with Gasteiger partial charge in [0.1, 0.15) is 0 Å². The van der Waals surface area contributed by atoms with E-state index in [4.69, 9.17) is 16.7 Å². The summed E-state index contributed by atoms with van der Waals surface area (Å²) in [5.41, 5.74) is 0.468. The van der Waals surface area contributed by atoms with Gasteiger partial charge in [-0.2, -0.15) is 0 Å². The van der Waals surface area contributed by atoms with Crippen LogP contribution in [0.25, 0.3) is 0 Å². The molecule has 0 aliphatic heterocycles. The molecule has 0 aliphatic carbocycles. The fourth-order valence-electron chi connectivity index (χ4n) is 0.968. The highest BCUT2D eigenvalue weighted by atomic mass is 79.9. The molecule has 1 atom stereocenters. The van der Waals surface area contributed by atoms with E-state index in [1.807, 2.05) is 0 Å². The quantitative estimate of drug-likeness (QED) is 0.843. The molecule has 0 spiro atoms. The van der Waals surface area contributed by atoms with Gasteiger partial charge in [-0.15, -0.1) is 0 Å². The lowest BCUT2D eigenvalue weighted by Crippen LogP contribution is -2.07. The van der Waals surface area contributed by atoms with Crippen molar-refractivity contribution in [3.63, 3.8) is 0 Å². The van der Waals surface area contributed by atoms with Gasteiger partial charge in [0.15, 0.2) is 5.82 Å². The first-order chi connectivity index (χ1) is 6.43. The molecule has 0 saturated heterocycles. The van der Waals surface area contributed by atoms with Gasteiger partial charge in [0.2, 0.25) is 0 Å². The molecule has 1 unspecified atom stereocenters. The van der Waals surface area contributed by atoms with Crippen LogP contribution in [0.15, 0.2) is 16.6 Å². The van der Waals surface area contributed by atoms with Crippen LogP contribution in [0, 0.1) is 5.82 Å². The Morgan fingerprint density at radius 2 is 2.21 bits per heavy atom. The molecule has 0 radical (unpaired) electrons. The highest BCUT2D eigenvalue weighted by molar-refractivity contribution is 9.10. The van der Waals surface area contributed by atoms with Crippen LogP contribution in [0.3, 0.4) is 0 Å². The van der Waals surface area contributed by atoms with Gasteiger partial charge in [0.25, 0.3) is 0 Å². The van der Waals surface area contributed by atoms with Crippen LogP contribution in [-0.4, -0.2) is 11.1 Å². The van der Waals surface area contributed by atoms with Gasteiger partial charge in [-0.05, 0) is 40.5 Å². The second kappa shape index (κ2) is 4.28. The smallest absolute Gasteiger partial charge is 0.310 e. The van der Waals surface area contributed by atoms with Gasteiger partial charge < -0.3 is 5.11 Å². The van der Waals surface area contributed by atoms with Gasteiger partial charge in [-0.1, -0.05) is 11.6 Å². The van der Waals surface area contributed by atoms with Crippen molar-refractivity contribution in [3.05, 3.63) is 33.0 Å². The normalized spacial score (nSPS) is 12.6. The minimum atomic E-state index is -0.973. The summed E-state index contributed by atoms with van der Waals surface area (Å²) in [6.45, 7) is 1.51. The first-order valence-corrected chi connectivity index (χ1v) is 4.98. The number of carboxylic acid groups (broad SMARTS) is 1. The van der Waals surface area contributed by atoms with Crippen LogP contribution in [0.5, 0.6) is 0 Å². The molecule has 1 N–H and O–H groups in total. The molecule has 1 rings (SSSR count). The third-order valence-corrected chi connectivity index (χ3v) is 2.73. The van der Waals surface area contributed by atoms with Crippen LogP contribution in [0.4, 0.5) is 4.39 Å². The van der Waals surface area contributed by atoms with Crippen molar-refractivity contribution in [2.24, 2.45) is 0 Å². The van der Waals surface area contributed by atoms with Crippen LogP contribution in [0.2, 0.25) is 5.02 Å². The number of carbonyl (C=O) groups is 1. The molecule has 0 bridgehead atoms. The monoisotopic (exact) mass is 280 g/mol. The van der Waals surface area contributed by atoms with Crippen molar-refractivity contribution in [3.8, 4) is 0 Å².